The fourth-order valence-electron chi connectivity index (χ4n) is 2.12. The summed E-state index contributed by atoms with van der Waals surface area (Å²) in [5, 5.41) is 3.34. The van der Waals surface area contributed by atoms with E-state index in [-0.39, 0.29) is 24.8 Å². The number of benzene rings is 2. The zero-order valence-corrected chi connectivity index (χ0v) is 14.3. The molecule has 1 N–H and O–H groups in total. The highest BCUT2D eigenvalue weighted by atomic mass is 35.5. The van der Waals surface area contributed by atoms with Gasteiger partial charge in [-0.15, -0.1) is 12.4 Å². The quantitative estimate of drug-likeness (QED) is 0.726. The van der Waals surface area contributed by atoms with Gasteiger partial charge in [0.1, 0.15) is 12.4 Å². The van der Waals surface area contributed by atoms with Crippen LogP contribution in [0.3, 0.4) is 0 Å². The molecule has 0 spiro atoms. The zero-order chi connectivity index (χ0) is 15.8. The summed E-state index contributed by atoms with van der Waals surface area (Å²) in [7, 11) is 1.61. The van der Waals surface area contributed by atoms with Crippen LogP contribution in [0, 0.1) is 5.82 Å². The first-order valence-electron chi connectivity index (χ1n) is 7.48. The molecule has 0 atom stereocenters. The van der Waals surface area contributed by atoms with Crippen molar-refractivity contribution in [3.8, 4) is 11.5 Å². The molecule has 2 rings (SSSR count). The smallest absolute Gasteiger partial charge is 0.161 e. The van der Waals surface area contributed by atoms with Crippen LogP contribution in [0.15, 0.2) is 42.5 Å². The van der Waals surface area contributed by atoms with Gasteiger partial charge in [0.15, 0.2) is 11.5 Å². The molecule has 0 saturated heterocycles. The third-order valence-corrected chi connectivity index (χ3v) is 3.32. The van der Waals surface area contributed by atoms with Crippen molar-refractivity contribution in [2.24, 2.45) is 0 Å². The molecule has 0 bridgehead atoms. The number of nitrogens with one attached hydrogen (secondary N) is 1. The van der Waals surface area contributed by atoms with Gasteiger partial charge in [-0.1, -0.05) is 31.2 Å². The van der Waals surface area contributed by atoms with Gasteiger partial charge >= 0.3 is 0 Å². The van der Waals surface area contributed by atoms with Crippen molar-refractivity contribution in [2.45, 2.75) is 26.5 Å². The topological polar surface area (TPSA) is 30.5 Å². The van der Waals surface area contributed by atoms with Crippen molar-refractivity contribution in [1.29, 1.82) is 0 Å². The Labute approximate surface area is 143 Å². The van der Waals surface area contributed by atoms with Crippen molar-refractivity contribution in [2.75, 3.05) is 13.7 Å². The van der Waals surface area contributed by atoms with Crippen LogP contribution in [-0.4, -0.2) is 13.7 Å². The van der Waals surface area contributed by atoms with Crippen LogP contribution in [0.5, 0.6) is 11.5 Å². The SMILES string of the molecule is CCCNCc1ccc(OCc2ccccc2F)c(OC)c1.Cl. The summed E-state index contributed by atoms with van der Waals surface area (Å²) >= 11 is 0. The van der Waals surface area contributed by atoms with E-state index in [1.165, 1.54) is 6.07 Å². The molecular weight excluding hydrogens is 317 g/mol. The molecule has 23 heavy (non-hydrogen) atoms. The number of halogens is 2. The van der Waals surface area contributed by atoms with E-state index < -0.39 is 0 Å². The molecule has 0 aliphatic rings. The maximum absolute atomic E-state index is 13.6. The molecule has 0 fully saturated rings. The molecule has 0 amide bonds. The predicted molar refractivity (Wildman–Crippen MR) is 93.0 cm³/mol. The van der Waals surface area contributed by atoms with Crippen molar-refractivity contribution >= 4 is 12.4 Å². The molecule has 2 aromatic carbocycles. The average molecular weight is 340 g/mol. The van der Waals surface area contributed by atoms with Gasteiger partial charge < -0.3 is 14.8 Å². The lowest BCUT2D eigenvalue weighted by Gasteiger charge is -2.13. The number of hydrogen-bond acceptors (Lipinski definition) is 3. The third-order valence-electron chi connectivity index (χ3n) is 3.32. The van der Waals surface area contributed by atoms with Gasteiger partial charge in [-0.3, -0.25) is 0 Å². The Balaban J connectivity index is 0.00000264. The predicted octanol–water partition coefficient (Wildman–Crippen LogP) is 4.33. The molecule has 0 radical (unpaired) electrons. The average Bonchev–Trinajstić information content (AvgIpc) is 2.55. The van der Waals surface area contributed by atoms with Crippen LogP contribution in [0.1, 0.15) is 24.5 Å². The van der Waals surface area contributed by atoms with Gasteiger partial charge in [0.2, 0.25) is 0 Å². The van der Waals surface area contributed by atoms with Crippen LogP contribution in [-0.2, 0) is 13.2 Å². The molecule has 0 aromatic heterocycles. The summed E-state index contributed by atoms with van der Waals surface area (Å²) in [6.07, 6.45) is 1.10. The largest absolute Gasteiger partial charge is 0.493 e. The molecule has 0 unspecified atom stereocenters. The Morgan fingerprint density at radius 1 is 1.09 bits per heavy atom. The Morgan fingerprint density at radius 3 is 2.57 bits per heavy atom. The fraction of sp³-hybridized carbons (Fsp3) is 0.333. The minimum Gasteiger partial charge on any atom is -0.493 e. The highest BCUT2D eigenvalue weighted by Gasteiger charge is 2.08. The van der Waals surface area contributed by atoms with E-state index in [1.807, 2.05) is 18.2 Å². The lowest BCUT2D eigenvalue weighted by Crippen LogP contribution is -2.13. The van der Waals surface area contributed by atoms with Crippen LogP contribution >= 0.6 is 12.4 Å². The molecule has 0 saturated carbocycles. The molecule has 0 heterocycles. The molecule has 5 heteroatoms. The van der Waals surface area contributed by atoms with E-state index in [0.717, 1.165) is 25.1 Å². The van der Waals surface area contributed by atoms with Crippen LogP contribution < -0.4 is 14.8 Å². The third kappa shape index (κ3) is 5.73. The summed E-state index contributed by atoms with van der Waals surface area (Å²) in [5.41, 5.74) is 1.65. The summed E-state index contributed by atoms with van der Waals surface area (Å²) in [5.74, 6) is 1.01. The van der Waals surface area contributed by atoms with Gasteiger partial charge in [-0.2, -0.15) is 0 Å². The minimum absolute atomic E-state index is 0. The van der Waals surface area contributed by atoms with Gasteiger partial charge in [0.05, 0.1) is 7.11 Å². The molecule has 3 nitrogen and oxygen atoms in total. The van der Waals surface area contributed by atoms with Crippen molar-refractivity contribution in [3.63, 3.8) is 0 Å². The maximum atomic E-state index is 13.6. The van der Waals surface area contributed by atoms with Crippen LogP contribution in [0.25, 0.3) is 0 Å². The second-order valence-electron chi connectivity index (χ2n) is 5.04. The summed E-state index contributed by atoms with van der Waals surface area (Å²) in [6.45, 7) is 4.08. The molecule has 126 valence electrons. The Morgan fingerprint density at radius 2 is 1.87 bits per heavy atom. The van der Waals surface area contributed by atoms with Crippen LogP contribution in [0.4, 0.5) is 4.39 Å². The van der Waals surface area contributed by atoms with Gasteiger partial charge in [0.25, 0.3) is 0 Å². The Kier molecular flexibility index (Phi) is 8.45. The van der Waals surface area contributed by atoms with E-state index in [4.69, 9.17) is 9.47 Å². The van der Waals surface area contributed by atoms with E-state index in [1.54, 1.807) is 25.3 Å². The van der Waals surface area contributed by atoms with E-state index in [0.29, 0.717) is 17.1 Å². The Bertz CT molecular complexity index is 607. The lowest BCUT2D eigenvalue weighted by atomic mass is 10.2. The van der Waals surface area contributed by atoms with Crippen LogP contribution in [0.2, 0.25) is 0 Å². The summed E-state index contributed by atoms with van der Waals surface area (Å²) in [6, 6.07) is 12.4. The first-order valence-corrected chi connectivity index (χ1v) is 7.48. The van der Waals surface area contributed by atoms with Crippen molar-refractivity contribution in [3.05, 3.63) is 59.4 Å². The highest BCUT2D eigenvalue weighted by Crippen LogP contribution is 2.29. The summed E-state index contributed by atoms with van der Waals surface area (Å²) < 4.78 is 24.6. The van der Waals surface area contributed by atoms with E-state index in [9.17, 15) is 4.39 Å². The van der Waals surface area contributed by atoms with E-state index in [2.05, 4.69) is 12.2 Å². The molecule has 0 aliphatic heterocycles. The summed E-state index contributed by atoms with van der Waals surface area (Å²) in [4.78, 5) is 0. The second kappa shape index (κ2) is 10.1. The first kappa shape index (κ1) is 19.3. The Hall–Kier alpha value is -1.78. The number of hydrogen-bond donors (Lipinski definition) is 1. The fourth-order valence-corrected chi connectivity index (χ4v) is 2.12. The molecular formula is C18H23ClFNO2. The number of ether oxygens (including phenoxy) is 2. The molecule has 2 aromatic rings. The van der Waals surface area contributed by atoms with Gasteiger partial charge in [0, 0.05) is 12.1 Å². The normalized spacial score (nSPS) is 10.0. The number of methoxy groups -OCH3 is 1. The highest BCUT2D eigenvalue weighted by molar-refractivity contribution is 5.85. The first-order chi connectivity index (χ1) is 10.7. The molecule has 0 aliphatic carbocycles. The minimum atomic E-state index is -0.262. The maximum Gasteiger partial charge on any atom is 0.161 e. The monoisotopic (exact) mass is 339 g/mol. The van der Waals surface area contributed by atoms with Crippen molar-refractivity contribution in [1.82, 2.24) is 5.32 Å². The van der Waals surface area contributed by atoms with Crippen molar-refractivity contribution < 1.29 is 13.9 Å². The lowest BCUT2D eigenvalue weighted by molar-refractivity contribution is 0.279. The zero-order valence-electron chi connectivity index (χ0n) is 13.5. The van der Waals surface area contributed by atoms with Gasteiger partial charge in [-0.25, -0.2) is 4.39 Å². The number of rotatable bonds is 8. The van der Waals surface area contributed by atoms with Gasteiger partial charge in [-0.05, 0) is 36.7 Å². The standard InChI is InChI=1S/C18H22FNO2.ClH/c1-3-10-20-12-14-8-9-17(18(11-14)21-2)22-13-15-6-4-5-7-16(15)19;/h4-9,11,20H,3,10,12-13H2,1-2H3;1H. The van der Waals surface area contributed by atoms with E-state index >= 15 is 0 Å². The second-order valence-corrected chi connectivity index (χ2v) is 5.04.